The number of hydrogen-bond acceptors (Lipinski definition) is 4. The SMILES string of the molecule is CC(C)(C)C(=O)c1ccc2cc(-c3ccc(OCCOCCO)cc3)[nH]c2c1. The summed E-state index contributed by atoms with van der Waals surface area (Å²) < 4.78 is 10.8. The molecule has 0 fully saturated rings. The van der Waals surface area contributed by atoms with E-state index in [9.17, 15) is 4.79 Å². The largest absolute Gasteiger partial charge is 0.491 e. The van der Waals surface area contributed by atoms with Crippen molar-refractivity contribution in [3.05, 3.63) is 54.1 Å². The van der Waals surface area contributed by atoms with Crippen LogP contribution in [0.15, 0.2) is 48.5 Å². The van der Waals surface area contributed by atoms with E-state index in [1.165, 1.54) is 0 Å². The zero-order chi connectivity index (χ0) is 20.1. The Morgan fingerprint density at radius 3 is 2.43 bits per heavy atom. The lowest BCUT2D eigenvalue weighted by Gasteiger charge is -2.16. The molecule has 5 heteroatoms. The Hall–Kier alpha value is -2.63. The average molecular weight is 381 g/mol. The second-order valence-corrected chi connectivity index (χ2v) is 7.77. The van der Waals surface area contributed by atoms with Gasteiger partial charge in [-0.3, -0.25) is 4.79 Å². The van der Waals surface area contributed by atoms with E-state index in [4.69, 9.17) is 14.6 Å². The van der Waals surface area contributed by atoms with Gasteiger partial charge in [0, 0.05) is 27.6 Å². The van der Waals surface area contributed by atoms with Crippen molar-refractivity contribution >= 4 is 16.7 Å². The molecule has 3 aromatic rings. The molecule has 0 aliphatic rings. The van der Waals surface area contributed by atoms with Crippen LogP contribution in [0.1, 0.15) is 31.1 Å². The van der Waals surface area contributed by atoms with Crippen LogP contribution in [-0.4, -0.2) is 42.3 Å². The number of aromatic amines is 1. The number of nitrogens with one attached hydrogen (secondary N) is 1. The number of aliphatic hydroxyl groups is 1. The first-order valence-corrected chi connectivity index (χ1v) is 9.48. The topological polar surface area (TPSA) is 71.6 Å². The minimum absolute atomic E-state index is 0.0189. The molecule has 0 aliphatic heterocycles. The molecule has 0 unspecified atom stereocenters. The molecule has 0 amide bonds. The minimum atomic E-state index is -0.401. The normalized spacial score (nSPS) is 11.7. The third kappa shape index (κ3) is 4.80. The molecule has 1 aromatic heterocycles. The number of hydrogen-bond donors (Lipinski definition) is 2. The summed E-state index contributed by atoms with van der Waals surface area (Å²) in [6.45, 7) is 7.03. The van der Waals surface area contributed by atoms with E-state index >= 15 is 0 Å². The summed E-state index contributed by atoms with van der Waals surface area (Å²) in [5.74, 6) is 0.903. The first-order valence-electron chi connectivity index (χ1n) is 9.48. The number of ether oxygens (including phenoxy) is 2. The maximum Gasteiger partial charge on any atom is 0.168 e. The maximum atomic E-state index is 12.5. The van der Waals surface area contributed by atoms with Crippen LogP contribution in [0.2, 0.25) is 0 Å². The van der Waals surface area contributed by atoms with Gasteiger partial charge in [-0.15, -0.1) is 0 Å². The number of aliphatic hydroxyl groups excluding tert-OH is 1. The molecule has 5 nitrogen and oxygen atoms in total. The predicted octanol–water partition coefficient (Wildman–Crippen LogP) is 4.45. The molecule has 0 radical (unpaired) electrons. The van der Waals surface area contributed by atoms with Gasteiger partial charge in [0.05, 0.1) is 19.8 Å². The summed E-state index contributed by atoms with van der Waals surface area (Å²) in [6, 6.07) is 15.7. The second-order valence-electron chi connectivity index (χ2n) is 7.77. The zero-order valence-electron chi connectivity index (χ0n) is 16.6. The predicted molar refractivity (Wildman–Crippen MR) is 111 cm³/mol. The summed E-state index contributed by atoms with van der Waals surface area (Å²) in [6.07, 6.45) is 0. The molecule has 148 valence electrons. The third-order valence-electron chi connectivity index (χ3n) is 4.46. The standard InChI is InChI=1S/C23H27NO4/c1-23(2,3)22(26)18-5-4-17-14-20(24-21(17)15-18)16-6-8-19(9-7-16)28-13-12-27-11-10-25/h4-9,14-15,24-25H,10-13H2,1-3H3. The Balaban J connectivity index is 1.72. The number of H-pyrrole nitrogens is 1. The lowest BCUT2D eigenvalue weighted by atomic mass is 9.86. The highest BCUT2D eigenvalue weighted by molar-refractivity contribution is 6.02. The third-order valence-corrected chi connectivity index (χ3v) is 4.46. The maximum absolute atomic E-state index is 12.5. The highest BCUT2D eigenvalue weighted by atomic mass is 16.5. The molecule has 0 saturated carbocycles. The van der Waals surface area contributed by atoms with E-state index in [0.29, 0.717) is 19.8 Å². The Labute approximate surface area is 165 Å². The Bertz CT molecular complexity index is 935. The Morgan fingerprint density at radius 1 is 1.00 bits per heavy atom. The monoisotopic (exact) mass is 381 g/mol. The average Bonchev–Trinajstić information content (AvgIpc) is 3.10. The van der Waals surface area contributed by atoms with Crippen molar-refractivity contribution in [2.24, 2.45) is 5.41 Å². The summed E-state index contributed by atoms with van der Waals surface area (Å²) in [5, 5.41) is 9.74. The highest BCUT2D eigenvalue weighted by Crippen LogP contribution is 2.28. The molecule has 28 heavy (non-hydrogen) atoms. The van der Waals surface area contributed by atoms with Gasteiger partial charge in [0.15, 0.2) is 5.78 Å². The van der Waals surface area contributed by atoms with Crippen LogP contribution in [0.4, 0.5) is 0 Å². The quantitative estimate of drug-likeness (QED) is 0.447. The van der Waals surface area contributed by atoms with Crippen molar-refractivity contribution in [3.63, 3.8) is 0 Å². The van der Waals surface area contributed by atoms with E-state index < -0.39 is 5.41 Å². The van der Waals surface area contributed by atoms with Crippen LogP contribution in [0.3, 0.4) is 0 Å². The van der Waals surface area contributed by atoms with Crippen LogP contribution in [-0.2, 0) is 4.74 Å². The van der Waals surface area contributed by atoms with Crippen molar-refractivity contribution in [2.75, 3.05) is 26.4 Å². The molecule has 0 saturated heterocycles. The van der Waals surface area contributed by atoms with Crippen molar-refractivity contribution in [2.45, 2.75) is 20.8 Å². The van der Waals surface area contributed by atoms with Gasteiger partial charge < -0.3 is 19.6 Å². The molecule has 0 atom stereocenters. The number of fused-ring (bicyclic) bond motifs is 1. The van der Waals surface area contributed by atoms with Gasteiger partial charge >= 0.3 is 0 Å². The molecule has 2 aromatic carbocycles. The van der Waals surface area contributed by atoms with E-state index in [0.717, 1.165) is 33.5 Å². The minimum Gasteiger partial charge on any atom is -0.491 e. The van der Waals surface area contributed by atoms with Crippen molar-refractivity contribution in [1.29, 1.82) is 0 Å². The van der Waals surface area contributed by atoms with Gasteiger partial charge in [-0.1, -0.05) is 32.9 Å². The van der Waals surface area contributed by atoms with Gasteiger partial charge in [-0.2, -0.15) is 0 Å². The molecular formula is C23H27NO4. The van der Waals surface area contributed by atoms with Crippen molar-refractivity contribution in [1.82, 2.24) is 4.98 Å². The number of ketones is 1. The van der Waals surface area contributed by atoms with Gasteiger partial charge in [0.2, 0.25) is 0 Å². The summed E-state index contributed by atoms with van der Waals surface area (Å²) in [4.78, 5) is 15.9. The second kappa shape index (κ2) is 8.59. The smallest absolute Gasteiger partial charge is 0.168 e. The number of aromatic nitrogens is 1. The summed E-state index contributed by atoms with van der Waals surface area (Å²) in [7, 11) is 0. The Kier molecular flexibility index (Phi) is 6.17. The summed E-state index contributed by atoms with van der Waals surface area (Å²) in [5.41, 5.74) is 3.31. The highest BCUT2D eigenvalue weighted by Gasteiger charge is 2.23. The fraction of sp³-hybridized carbons (Fsp3) is 0.348. The fourth-order valence-corrected chi connectivity index (χ4v) is 2.97. The lowest BCUT2D eigenvalue weighted by Crippen LogP contribution is -2.19. The number of Topliss-reactive ketones (excluding diaryl/α,β-unsaturated/α-hetero) is 1. The summed E-state index contributed by atoms with van der Waals surface area (Å²) >= 11 is 0. The first kappa shape index (κ1) is 20.1. The molecule has 1 heterocycles. The van der Waals surface area contributed by atoms with Crippen molar-refractivity contribution in [3.8, 4) is 17.0 Å². The van der Waals surface area contributed by atoms with Gasteiger partial charge in [0.1, 0.15) is 12.4 Å². The van der Waals surface area contributed by atoms with Gasteiger partial charge in [-0.25, -0.2) is 0 Å². The van der Waals surface area contributed by atoms with Crippen molar-refractivity contribution < 1.29 is 19.4 Å². The van der Waals surface area contributed by atoms with Crippen LogP contribution >= 0.6 is 0 Å². The van der Waals surface area contributed by atoms with Crippen LogP contribution < -0.4 is 4.74 Å². The van der Waals surface area contributed by atoms with Gasteiger partial charge in [-0.05, 0) is 42.0 Å². The molecule has 3 rings (SSSR count). The number of carbonyl (C=O) groups excluding carboxylic acids is 1. The van der Waals surface area contributed by atoms with Crippen LogP contribution in [0, 0.1) is 5.41 Å². The van der Waals surface area contributed by atoms with E-state index in [-0.39, 0.29) is 12.4 Å². The lowest BCUT2D eigenvalue weighted by molar-refractivity contribution is 0.0705. The fourth-order valence-electron chi connectivity index (χ4n) is 2.97. The first-order chi connectivity index (χ1) is 13.4. The van der Waals surface area contributed by atoms with Gasteiger partial charge in [0.25, 0.3) is 0 Å². The molecular weight excluding hydrogens is 354 g/mol. The number of carbonyl (C=O) groups is 1. The molecule has 0 bridgehead atoms. The molecule has 0 spiro atoms. The number of benzene rings is 2. The van der Waals surface area contributed by atoms with E-state index in [2.05, 4.69) is 11.1 Å². The molecule has 2 N–H and O–H groups in total. The van der Waals surface area contributed by atoms with Crippen LogP contribution in [0.5, 0.6) is 5.75 Å². The Morgan fingerprint density at radius 2 is 1.75 bits per heavy atom. The zero-order valence-corrected chi connectivity index (χ0v) is 16.6. The van der Waals surface area contributed by atoms with Crippen LogP contribution in [0.25, 0.3) is 22.2 Å². The molecule has 0 aliphatic carbocycles. The number of rotatable bonds is 8. The van der Waals surface area contributed by atoms with E-state index in [1.807, 2.05) is 63.2 Å². The van der Waals surface area contributed by atoms with E-state index in [1.54, 1.807) is 0 Å².